The molecule has 1 aromatic carbocycles. The molecule has 6 heteroatoms. The third kappa shape index (κ3) is 3.93. The van der Waals surface area contributed by atoms with Crippen LogP contribution >= 0.6 is 27.5 Å². The summed E-state index contributed by atoms with van der Waals surface area (Å²) in [6.07, 6.45) is 2.47. The first-order chi connectivity index (χ1) is 10.0. The van der Waals surface area contributed by atoms with Crippen LogP contribution in [0.2, 0.25) is 5.02 Å². The number of anilines is 1. The van der Waals surface area contributed by atoms with E-state index in [1.165, 1.54) is 18.3 Å². The van der Waals surface area contributed by atoms with Crippen molar-refractivity contribution >= 4 is 33.3 Å². The standard InChI is InChI=1S/C15H16BrClFN3/c1-2-5-20-14(11-4-3-10(18)7-13(11)16)12-6-9(17)8-21-15(12)19/h3-4,6-8,14,20H,2,5H2,1H3,(H2,19,21). The molecule has 0 saturated heterocycles. The number of aromatic nitrogens is 1. The average molecular weight is 373 g/mol. The first-order valence-corrected chi connectivity index (χ1v) is 7.79. The lowest BCUT2D eigenvalue weighted by Crippen LogP contribution is -2.24. The van der Waals surface area contributed by atoms with Crippen LogP contribution in [-0.4, -0.2) is 11.5 Å². The quantitative estimate of drug-likeness (QED) is 0.822. The zero-order valence-electron chi connectivity index (χ0n) is 11.5. The number of hydrogen-bond donors (Lipinski definition) is 2. The Balaban J connectivity index is 2.49. The predicted molar refractivity (Wildman–Crippen MR) is 87.9 cm³/mol. The van der Waals surface area contributed by atoms with Crippen LogP contribution in [0.5, 0.6) is 0 Å². The highest BCUT2D eigenvalue weighted by Crippen LogP contribution is 2.32. The summed E-state index contributed by atoms with van der Waals surface area (Å²) in [6, 6.07) is 6.17. The highest BCUT2D eigenvalue weighted by molar-refractivity contribution is 9.10. The molecule has 0 saturated carbocycles. The number of benzene rings is 1. The number of nitrogen functional groups attached to an aromatic ring is 1. The molecule has 0 aliphatic carbocycles. The molecule has 0 spiro atoms. The first kappa shape index (κ1) is 16.2. The lowest BCUT2D eigenvalue weighted by Gasteiger charge is -2.22. The highest BCUT2D eigenvalue weighted by atomic mass is 79.9. The number of halogens is 3. The molecule has 3 N–H and O–H groups in total. The molecule has 0 bridgehead atoms. The van der Waals surface area contributed by atoms with E-state index in [0.29, 0.717) is 15.3 Å². The van der Waals surface area contributed by atoms with Crippen molar-refractivity contribution in [2.24, 2.45) is 0 Å². The van der Waals surface area contributed by atoms with Gasteiger partial charge in [0.05, 0.1) is 11.1 Å². The van der Waals surface area contributed by atoms with E-state index in [-0.39, 0.29) is 11.9 Å². The first-order valence-electron chi connectivity index (χ1n) is 6.62. The van der Waals surface area contributed by atoms with Crippen molar-refractivity contribution < 1.29 is 4.39 Å². The average Bonchev–Trinajstić information content (AvgIpc) is 2.44. The van der Waals surface area contributed by atoms with Gasteiger partial charge in [-0.25, -0.2) is 9.37 Å². The van der Waals surface area contributed by atoms with E-state index in [0.717, 1.165) is 24.1 Å². The van der Waals surface area contributed by atoms with Gasteiger partial charge in [0.15, 0.2) is 0 Å². The number of nitrogens with two attached hydrogens (primary N) is 1. The van der Waals surface area contributed by atoms with Gasteiger partial charge in [-0.15, -0.1) is 0 Å². The Hall–Kier alpha value is -1.17. The highest BCUT2D eigenvalue weighted by Gasteiger charge is 2.20. The van der Waals surface area contributed by atoms with Gasteiger partial charge >= 0.3 is 0 Å². The summed E-state index contributed by atoms with van der Waals surface area (Å²) < 4.78 is 14.0. The minimum absolute atomic E-state index is 0.203. The molecule has 1 atom stereocenters. The third-order valence-corrected chi connectivity index (χ3v) is 3.99. The van der Waals surface area contributed by atoms with Gasteiger partial charge in [-0.3, -0.25) is 0 Å². The van der Waals surface area contributed by atoms with Crippen molar-refractivity contribution in [2.45, 2.75) is 19.4 Å². The molecule has 0 aliphatic rings. The maximum Gasteiger partial charge on any atom is 0.128 e. The Bertz CT molecular complexity index is 636. The SMILES string of the molecule is CCCNC(c1ccc(F)cc1Br)c1cc(Cl)cnc1N. The zero-order chi connectivity index (χ0) is 15.4. The van der Waals surface area contributed by atoms with Crippen LogP contribution in [0, 0.1) is 5.82 Å². The van der Waals surface area contributed by atoms with Crippen LogP contribution in [0.25, 0.3) is 0 Å². The molecular weight excluding hydrogens is 357 g/mol. The van der Waals surface area contributed by atoms with Crippen LogP contribution in [0.3, 0.4) is 0 Å². The molecule has 1 unspecified atom stereocenters. The minimum atomic E-state index is -0.294. The number of nitrogens with zero attached hydrogens (tertiary/aromatic N) is 1. The monoisotopic (exact) mass is 371 g/mol. The van der Waals surface area contributed by atoms with Gasteiger partial charge in [0.25, 0.3) is 0 Å². The summed E-state index contributed by atoms with van der Waals surface area (Å²) in [5.41, 5.74) is 7.65. The smallest absolute Gasteiger partial charge is 0.128 e. The van der Waals surface area contributed by atoms with E-state index in [2.05, 4.69) is 33.2 Å². The van der Waals surface area contributed by atoms with Crippen LogP contribution in [-0.2, 0) is 0 Å². The molecule has 0 fully saturated rings. The summed E-state index contributed by atoms with van der Waals surface area (Å²) in [5, 5.41) is 3.91. The van der Waals surface area contributed by atoms with E-state index in [9.17, 15) is 4.39 Å². The summed E-state index contributed by atoms with van der Waals surface area (Å²) >= 11 is 9.44. The van der Waals surface area contributed by atoms with Crippen LogP contribution in [0.15, 0.2) is 34.9 Å². The Morgan fingerprint density at radius 2 is 2.14 bits per heavy atom. The molecule has 2 rings (SSSR count). The molecule has 0 radical (unpaired) electrons. The van der Waals surface area contributed by atoms with Gasteiger partial charge < -0.3 is 11.1 Å². The van der Waals surface area contributed by atoms with Crippen molar-refractivity contribution in [1.82, 2.24) is 10.3 Å². The normalized spacial score (nSPS) is 12.4. The fourth-order valence-corrected chi connectivity index (χ4v) is 2.85. The van der Waals surface area contributed by atoms with Gasteiger partial charge in [-0.1, -0.05) is 40.5 Å². The largest absolute Gasteiger partial charge is 0.383 e. The Labute approximate surface area is 136 Å². The van der Waals surface area contributed by atoms with Gasteiger partial charge in [0.1, 0.15) is 11.6 Å². The van der Waals surface area contributed by atoms with E-state index in [1.54, 1.807) is 12.1 Å². The van der Waals surface area contributed by atoms with Crippen LogP contribution in [0.1, 0.15) is 30.5 Å². The topological polar surface area (TPSA) is 50.9 Å². The molecule has 0 amide bonds. The summed E-state index contributed by atoms with van der Waals surface area (Å²) in [4.78, 5) is 4.10. The summed E-state index contributed by atoms with van der Waals surface area (Å²) in [6.45, 7) is 2.86. The van der Waals surface area contributed by atoms with Gasteiger partial charge in [-0.05, 0) is 36.7 Å². The second-order valence-electron chi connectivity index (χ2n) is 4.68. The Morgan fingerprint density at radius 3 is 2.81 bits per heavy atom. The Morgan fingerprint density at radius 1 is 1.38 bits per heavy atom. The maximum absolute atomic E-state index is 13.3. The number of rotatable bonds is 5. The summed E-state index contributed by atoms with van der Waals surface area (Å²) in [5.74, 6) is 0.112. The third-order valence-electron chi connectivity index (χ3n) is 3.10. The van der Waals surface area contributed by atoms with Crippen molar-refractivity contribution in [1.29, 1.82) is 0 Å². The second-order valence-corrected chi connectivity index (χ2v) is 5.97. The van der Waals surface area contributed by atoms with Gasteiger partial charge in [0, 0.05) is 16.2 Å². The van der Waals surface area contributed by atoms with E-state index >= 15 is 0 Å². The molecule has 1 aromatic heterocycles. The van der Waals surface area contributed by atoms with Crippen LogP contribution in [0.4, 0.5) is 10.2 Å². The van der Waals surface area contributed by atoms with Crippen molar-refractivity contribution in [3.05, 3.63) is 56.9 Å². The van der Waals surface area contributed by atoms with Crippen molar-refractivity contribution in [3.63, 3.8) is 0 Å². The van der Waals surface area contributed by atoms with Gasteiger partial charge in [0.2, 0.25) is 0 Å². The number of nitrogens with one attached hydrogen (secondary N) is 1. The molecule has 21 heavy (non-hydrogen) atoms. The summed E-state index contributed by atoms with van der Waals surface area (Å²) in [7, 11) is 0. The maximum atomic E-state index is 13.3. The number of hydrogen-bond acceptors (Lipinski definition) is 3. The predicted octanol–water partition coefficient (Wildman–Crippen LogP) is 4.31. The van der Waals surface area contributed by atoms with Crippen LogP contribution < -0.4 is 11.1 Å². The molecule has 0 aliphatic heterocycles. The van der Waals surface area contributed by atoms with E-state index < -0.39 is 0 Å². The molecular formula is C15H16BrClFN3. The minimum Gasteiger partial charge on any atom is -0.383 e. The lowest BCUT2D eigenvalue weighted by atomic mass is 9.99. The molecule has 112 valence electrons. The molecule has 1 heterocycles. The molecule has 2 aromatic rings. The Kier molecular flexibility index (Phi) is 5.56. The second kappa shape index (κ2) is 7.20. The van der Waals surface area contributed by atoms with Gasteiger partial charge in [-0.2, -0.15) is 0 Å². The zero-order valence-corrected chi connectivity index (χ0v) is 13.9. The fraction of sp³-hybridized carbons (Fsp3) is 0.267. The lowest BCUT2D eigenvalue weighted by molar-refractivity contribution is 0.590. The fourth-order valence-electron chi connectivity index (χ4n) is 2.11. The van der Waals surface area contributed by atoms with E-state index in [4.69, 9.17) is 17.3 Å². The van der Waals surface area contributed by atoms with Crippen molar-refractivity contribution in [3.8, 4) is 0 Å². The number of pyridine rings is 1. The molecule has 3 nitrogen and oxygen atoms in total. The van der Waals surface area contributed by atoms with Crippen molar-refractivity contribution in [2.75, 3.05) is 12.3 Å². The van der Waals surface area contributed by atoms with E-state index in [1.807, 2.05) is 0 Å².